The second kappa shape index (κ2) is 6.86. The van der Waals surface area contributed by atoms with Gasteiger partial charge in [-0.05, 0) is 37.1 Å². The maximum atomic E-state index is 12.9. The van der Waals surface area contributed by atoms with Gasteiger partial charge in [0.2, 0.25) is 5.91 Å². The van der Waals surface area contributed by atoms with Crippen LogP contribution in [-0.4, -0.2) is 35.2 Å². The van der Waals surface area contributed by atoms with E-state index in [9.17, 15) is 14.4 Å². The molecule has 2 N–H and O–H groups in total. The molecule has 2 aromatic carbocycles. The molecule has 1 fully saturated rings. The molecule has 0 saturated carbocycles. The number of nitrogens with one attached hydrogen (secondary N) is 2. The lowest BCUT2D eigenvalue weighted by Crippen LogP contribution is -2.40. The van der Waals surface area contributed by atoms with Crippen molar-refractivity contribution in [1.29, 1.82) is 0 Å². The topological polar surface area (TPSA) is 78.5 Å². The zero-order valence-corrected chi connectivity index (χ0v) is 16.8. The second-order valence-electron chi connectivity index (χ2n) is 7.10. The Morgan fingerprint density at radius 1 is 1.21 bits per heavy atom. The summed E-state index contributed by atoms with van der Waals surface area (Å²) in [5, 5.41) is 6.91. The van der Waals surface area contributed by atoms with Gasteiger partial charge in [-0.15, -0.1) is 11.3 Å². The number of anilines is 2. The van der Waals surface area contributed by atoms with Gasteiger partial charge in [0.25, 0.3) is 11.8 Å². The summed E-state index contributed by atoms with van der Waals surface area (Å²) in [6, 6.07) is 12.1. The van der Waals surface area contributed by atoms with E-state index in [1.165, 1.54) is 11.3 Å². The molecule has 0 aliphatic carbocycles. The minimum absolute atomic E-state index is 0.163. The van der Waals surface area contributed by atoms with Crippen LogP contribution < -0.4 is 10.6 Å². The van der Waals surface area contributed by atoms with E-state index < -0.39 is 6.04 Å². The molecule has 8 heteroatoms. The Bertz CT molecular complexity index is 1190. The molecule has 2 aliphatic heterocycles. The number of benzene rings is 2. The molecule has 0 radical (unpaired) electrons. The van der Waals surface area contributed by atoms with E-state index >= 15 is 0 Å². The van der Waals surface area contributed by atoms with E-state index in [1.807, 2.05) is 24.3 Å². The molecular formula is C21H16ClN3O3S. The Balaban J connectivity index is 1.46. The van der Waals surface area contributed by atoms with Gasteiger partial charge in [0.1, 0.15) is 10.9 Å². The molecule has 3 heterocycles. The van der Waals surface area contributed by atoms with Crippen molar-refractivity contribution in [1.82, 2.24) is 4.90 Å². The third-order valence-corrected chi connectivity index (χ3v) is 7.00. The fourth-order valence-electron chi connectivity index (χ4n) is 3.91. The van der Waals surface area contributed by atoms with Crippen LogP contribution >= 0.6 is 22.9 Å². The molecule has 29 heavy (non-hydrogen) atoms. The van der Waals surface area contributed by atoms with Gasteiger partial charge in [0, 0.05) is 22.3 Å². The van der Waals surface area contributed by atoms with Crippen LogP contribution in [0.25, 0.3) is 10.1 Å². The predicted octanol–water partition coefficient (Wildman–Crippen LogP) is 4.36. The Hall–Kier alpha value is -2.90. The molecule has 0 spiro atoms. The molecular weight excluding hydrogens is 410 g/mol. The average molecular weight is 426 g/mol. The number of rotatable bonds is 2. The first-order valence-corrected chi connectivity index (χ1v) is 10.5. The summed E-state index contributed by atoms with van der Waals surface area (Å²) < 4.78 is 0.933. The van der Waals surface area contributed by atoms with Crippen LogP contribution in [-0.2, 0) is 4.79 Å². The van der Waals surface area contributed by atoms with Crippen LogP contribution in [0.4, 0.5) is 11.4 Å². The van der Waals surface area contributed by atoms with Crippen LogP contribution in [0.5, 0.6) is 0 Å². The minimum Gasteiger partial charge on any atom is -0.327 e. The van der Waals surface area contributed by atoms with Crippen molar-refractivity contribution in [2.24, 2.45) is 0 Å². The number of hydrogen-bond acceptors (Lipinski definition) is 4. The largest absolute Gasteiger partial charge is 0.327 e. The number of nitrogens with zero attached hydrogens (tertiary/aromatic N) is 1. The predicted molar refractivity (Wildman–Crippen MR) is 114 cm³/mol. The summed E-state index contributed by atoms with van der Waals surface area (Å²) in [5.41, 5.74) is 1.32. The fraction of sp³-hybridized carbons (Fsp3) is 0.190. The number of halogens is 1. The third kappa shape index (κ3) is 2.97. The summed E-state index contributed by atoms with van der Waals surface area (Å²) in [7, 11) is 0. The Labute approximate surface area is 175 Å². The fourth-order valence-corrected chi connectivity index (χ4v) is 5.32. The van der Waals surface area contributed by atoms with Crippen LogP contribution in [0, 0.1) is 0 Å². The van der Waals surface area contributed by atoms with E-state index in [2.05, 4.69) is 10.6 Å². The molecule has 3 amide bonds. The summed E-state index contributed by atoms with van der Waals surface area (Å²) in [6.45, 7) is 0.560. The van der Waals surface area contributed by atoms with Crippen molar-refractivity contribution in [2.75, 3.05) is 17.2 Å². The number of amides is 3. The molecule has 1 unspecified atom stereocenters. The van der Waals surface area contributed by atoms with E-state index in [0.29, 0.717) is 39.8 Å². The Kier molecular flexibility index (Phi) is 4.29. The third-order valence-electron chi connectivity index (χ3n) is 5.32. The van der Waals surface area contributed by atoms with E-state index in [0.717, 1.165) is 16.5 Å². The average Bonchev–Trinajstić information content (AvgIpc) is 3.32. The zero-order chi connectivity index (χ0) is 20.1. The Morgan fingerprint density at radius 3 is 2.86 bits per heavy atom. The molecule has 146 valence electrons. The lowest BCUT2D eigenvalue weighted by Gasteiger charge is -2.20. The zero-order valence-electron chi connectivity index (χ0n) is 15.2. The highest BCUT2D eigenvalue weighted by Gasteiger charge is 2.38. The van der Waals surface area contributed by atoms with Crippen LogP contribution in [0.1, 0.15) is 32.9 Å². The molecule has 0 bridgehead atoms. The first-order valence-electron chi connectivity index (χ1n) is 9.27. The standard InChI is InChI=1S/C21H16ClN3O3S/c22-17-12-4-1-2-6-16(12)29-18(17)20(27)23-11-7-8-14-13(10-11)21(28)25-9-3-5-15(25)19(26)24-14/h1-2,4,6-8,10,15H,3,5,9H2,(H,23,27)(H,24,26). The summed E-state index contributed by atoms with van der Waals surface area (Å²) in [4.78, 5) is 40.2. The lowest BCUT2D eigenvalue weighted by atomic mass is 10.1. The van der Waals surface area contributed by atoms with E-state index in [4.69, 9.17) is 11.6 Å². The first kappa shape index (κ1) is 18.1. The van der Waals surface area contributed by atoms with Gasteiger partial charge in [-0.1, -0.05) is 29.8 Å². The van der Waals surface area contributed by atoms with Crippen molar-refractivity contribution < 1.29 is 14.4 Å². The number of carbonyl (C=O) groups is 3. The highest BCUT2D eigenvalue weighted by molar-refractivity contribution is 7.21. The highest BCUT2D eigenvalue weighted by atomic mass is 35.5. The highest BCUT2D eigenvalue weighted by Crippen LogP contribution is 2.36. The maximum absolute atomic E-state index is 12.9. The van der Waals surface area contributed by atoms with Crippen molar-refractivity contribution >= 4 is 62.1 Å². The van der Waals surface area contributed by atoms with Gasteiger partial charge in [-0.25, -0.2) is 0 Å². The Morgan fingerprint density at radius 2 is 2.03 bits per heavy atom. The summed E-state index contributed by atoms with van der Waals surface area (Å²) in [5.74, 6) is -0.694. The van der Waals surface area contributed by atoms with Crippen molar-refractivity contribution in [3.05, 3.63) is 57.9 Å². The van der Waals surface area contributed by atoms with E-state index in [1.54, 1.807) is 23.1 Å². The molecule has 1 atom stereocenters. The number of fused-ring (bicyclic) bond motifs is 3. The minimum atomic E-state index is -0.426. The van der Waals surface area contributed by atoms with Crippen molar-refractivity contribution in [3.8, 4) is 0 Å². The monoisotopic (exact) mass is 425 g/mol. The number of carbonyl (C=O) groups excluding carboxylic acids is 3. The van der Waals surface area contributed by atoms with Gasteiger partial charge in [-0.2, -0.15) is 0 Å². The molecule has 6 nitrogen and oxygen atoms in total. The van der Waals surface area contributed by atoms with Gasteiger partial charge >= 0.3 is 0 Å². The van der Waals surface area contributed by atoms with E-state index in [-0.39, 0.29) is 17.7 Å². The van der Waals surface area contributed by atoms with Gasteiger partial charge < -0.3 is 15.5 Å². The van der Waals surface area contributed by atoms with Crippen LogP contribution in [0.3, 0.4) is 0 Å². The maximum Gasteiger partial charge on any atom is 0.267 e. The molecule has 2 aliphatic rings. The summed E-state index contributed by atoms with van der Waals surface area (Å²) in [6.07, 6.45) is 1.47. The van der Waals surface area contributed by atoms with Crippen LogP contribution in [0.2, 0.25) is 5.02 Å². The smallest absolute Gasteiger partial charge is 0.267 e. The first-order chi connectivity index (χ1) is 14.0. The van der Waals surface area contributed by atoms with Crippen molar-refractivity contribution in [2.45, 2.75) is 18.9 Å². The van der Waals surface area contributed by atoms with Gasteiger partial charge in [0.15, 0.2) is 0 Å². The number of hydrogen-bond donors (Lipinski definition) is 2. The lowest BCUT2D eigenvalue weighted by molar-refractivity contribution is -0.119. The summed E-state index contributed by atoms with van der Waals surface area (Å²) >= 11 is 7.72. The normalized spacial score (nSPS) is 18.2. The molecule has 5 rings (SSSR count). The molecule has 3 aromatic rings. The van der Waals surface area contributed by atoms with Crippen molar-refractivity contribution in [3.63, 3.8) is 0 Å². The van der Waals surface area contributed by atoms with Crippen LogP contribution in [0.15, 0.2) is 42.5 Å². The SMILES string of the molecule is O=C(Nc1ccc2c(c1)C(=O)N1CCCC1C(=O)N2)c1sc2ccccc2c1Cl. The molecule has 1 saturated heterocycles. The second-order valence-corrected chi connectivity index (χ2v) is 8.53. The quantitative estimate of drug-likeness (QED) is 0.640. The number of thiophene rings is 1. The van der Waals surface area contributed by atoms with Gasteiger partial charge in [-0.3, -0.25) is 14.4 Å². The van der Waals surface area contributed by atoms with Gasteiger partial charge in [0.05, 0.1) is 16.3 Å². The molecule has 1 aromatic heterocycles.